The Morgan fingerprint density at radius 3 is 2.48 bits per heavy atom. The number of amides is 1. The van der Waals surface area contributed by atoms with Gasteiger partial charge in [-0.05, 0) is 54.8 Å². The van der Waals surface area contributed by atoms with Crippen LogP contribution in [0.4, 0.5) is 0 Å². The number of furan rings is 1. The summed E-state index contributed by atoms with van der Waals surface area (Å²) in [5.74, 6) is -0.732. The molecule has 1 unspecified atom stereocenters. The zero-order valence-corrected chi connectivity index (χ0v) is 19.1. The van der Waals surface area contributed by atoms with Gasteiger partial charge in [0.2, 0.25) is 0 Å². The van der Waals surface area contributed by atoms with E-state index in [0.29, 0.717) is 28.7 Å². The van der Waals surface area contributed by atoms with Crippen molar-refractivity contribution in [3.8, 4) is 5.75 Å². The largest absolute Gasteiger partial charge is 0.507 e. The van der Waals surface area contributed by atoms with Crippen molar-refractivity contribution in [2.75, 3.05) is 6.61 Å². The number of aryl methyl sites for hydroxylation is 1. The molecule has 1 amide bonds. The predicted octanol–water partition coefficient (Wildman–Crippen LogP) is 5.52. The lowest BCUT2D eigenvalue weighted by Gasteiger charge is -2.24. The smallest absolute Gasteiger partial charge is 0.296 e. The molecule has 3 aromatic rings. The van der Waals surface area contributed by atoms with Gasteiger partial charge in [0.25, 0.3) is 11.7 Å². The molecule has 0 spiro atoms. The second kappa shape index (κ2) is 9.55. The van der Waals surface area contributed by atoms with Gasteiger partial charge in [-0.2, -0.15) is 0 Å². The molecule has 1 atom stereocenters. The SMILES string of the molecule is CCOc1ccc(/C(O)=C2\C(=O)C(=O)N(Cc3ccco3)C2c2ccc(CC)cc2)cc1Cl. The van der Waals surface area contributed by atoms with Crippen LogP contribution in [0.5, 0.6) is 5.75 Å². The van der Waals surface area contributed by atoms with E-state index in [1.165, 1.54) is 17.2 Å². The van der Waals surface area contributed by atoms with Crippen molar-refractivity contribution >= 4 is 29.1 Å². The number of carbonyl (C=O) groups excluding carboxylic acids is 2. The molecule has 1 aromatic heterocycles. The van der Waals surface area contributed by atoms with Gasteiger partial charge >= 0.3 is 0 Å². The van der Waals surface area contributed by atoms with E-state index >= 15 is 0 Å². The van der Waals surface area contributed by atoms with Crippen molar-refractivity contribution in [2.45, 2.75) is 32.9 Å². The van der Waals surface area contributed by atoms with Crippen LogP contribution in [-0.4, -0.2) is 28.3 Å². The Morgan fingerprint density at radius 2 is 1.88 bits per heavy atom. The van der Waals surface area contributed by atoms with E-state index < -0.39 is 17.7 Å². The number of hydrogen-bond acceptors (Lipinski definition) is 5. The summed E-state index contributed by atoms with van der Waals surface area (Å²) >= 11 is 6.30. The number of halogens is 1. The van der Waals surface area contributed by atoms with Crippen molar-refractivity contribution in [3.63, 3.8) is 0 Å². The molecule has 4 rings (SSSR count). The number of likely N-dealkylation sites (tertiary alicyclic amines) is 1. The fourth-order valence-corrected chi connectivity index (χ4v) is 4.21. The summed E-state index contributed by atoms with van der Waals surface area (Å²) in [6.45, 7) is 4.43. The Balaban J connectivity index is 1.83. The highest BCUT2D eigenvalue weighted by Crippen LogP contribution is 2.41. The van der Waals surface area contributed by atoms with Crippen molar-refractivity contribution in [1.29, 1.82) is 0 Å². The summed E-state index contributed by atoms with van der Waals surface area (Å²) in [6.07, 6.45) is 2.37. The van der Waals surface area contributed by atoms with Crippen molar-refractivity contribution in [1.82, 2.24) is 4.90 Å². The lowest BCUT2D eigenvalue weighted by atomic mass is 9.94. The van der Waals surface area contributed by atoms with Gasteiger partial charge in [-0.25, -0.2) is 0 Å². The molecule has 6 nitrogen and oxygen atoms in total. The summed E-state index contributed by atoms with van der Waals surface area (Å²) < 4.78 is 10.9. The first-order valence-electron chi connectivity index (χ1n) is 10.8. The minimum atomic E-state index is -0.772. The number of benzene rings is 2. The number of rotatable bonds is 7. The molecule has 1 N–H and O–H groups in total. The van der Waals surface area contributed by atoms with E-state index in [0.717, 1.165) is 17.5 Å². The summed E-state index contributed by atoms with van der Waals surface area (Å²) in [4.78, 5) is 27.6. The highest BCUT2D eigenvalue weighted by atomic mass is 35.5. The molecule has 1 fully saturated rings. The quantitative estimate of drug-likeness (QED) is 0.282. The monoisotopic (exact) mass is 465 g/mol. The van der Waals surface area contributed by atoms with Gasteiger partial charge in [0.05, 0.1) is 36.1 Å². The average molecular weight is 466 g/mol. The molecule has 0 saturated carbocycles. The van der Waals surface area contributed by atoms with Crippen LogP contribution < -0.4 is 4.74 Å². The van der Waals surface area contributed by atoms with E-state index in [-0.39, 0.29) is 17.9 Å². The number of nitrogens with zero attached hydrogens (tertiary/aromatic N) is 1. The van der Waals surface area contributed by atoms with Crippen LogP contribution in [0.25, 0.3) is 5.76 Å². The summed E-state index contributed by atoms with van der Waals surface area (Å²) in [5, 5.41) is 11.5. The predicted molar refractivity (Wildman–Crippen MR) is 125 cm³/mol. The highest BCUT2D eigenvalue weighted by molar-refractivity contribution is 6.46. The Labute approximate surface area is 197 Å². The molecule has 0 radical (unpaired) electrons. The molecule has 0 aliphatic carbocycles. The number of carbonyl (C=O) groups is 2. The maximum atomic E-state index is 13.1. The van der Waals surface area contributed by atoms with Gasteiger partial charge in [-0.3, -0.25) is 9.59 Å². The van der Waals surface area contributed by atoms with Crippen LogP contribution in [0.1, 0.15) is 42.3 Å². The zero-order valence-electron chi connectivity index (χ0n) is 18.4. The van der Waals surface area contributed by atoms with E-state index in [2.05, 4.69) is 0 Å². The minimum absolute atomic E-state index is 0.0102. The van der Waals surface area contributed by atoms with Crippen LogP contribution in [-0.2, 0) is 22.6 Å². The average Bonchev–Trinajstić information content (AvgIpc) is 3.42. The normalized spacial score (nSPS) is 17.5. The van der Waals surface area contributed by atoms with Gasteiger partial charge in [-0.1, -0.05) is 42.8 Å². The van der Waals surface area contributed by atoms with Gasteiger partial charge in [0.15, 0.2) is 0 Å². The maximum Gasteiger partial charge on any atom is 0.296 e. The van der Waals surface area contributed by atoms with Gasteiger partial charge in [-0.15, -0.1) is 0 Å². The first-order valence-corrected chi connectivity index (χ1v) is 11.1. The lowest BCUT2D eigenvalue weighted by molar-refractivity contribution is -0.140. The topological polar surface area (TPSA) is 80.0 Å². The third kappa shape index (κ3) is 4.39. The number of ketones is 1. The molecular formula is C26H24ClNO5. The zero-order chi connectivity index (χ0) is 23.5. The third-order valence-electron chi connectivity index (χ3n) is 5.66. The highest BCUT2D eigenvalue weighted by Gasteiger charge is 2.46. The van der Waals surface area contributed by atoms with Gasteiger partial charge in [0.1, 0.15) is 17.3 Å². The van der Waals surface area contributed by atoms with Crippen molar-refractivity contribution in [3.05, 3.63) is 93.9 Å². The first kappa shape index (κ1) is 22.7. The minimum Gasteiger partial charge on any atom is -0.507 e. The Hall–Kier alpha value is -3.51. The van der Waals surface area contributed by atoms with Crippen LogP contribution in [0, 0.1) is 0 Å². The number of aliphatic hydroxyl groups excluding tert-OH is 1. The summed E-state index contributed by atoms with van der Waals surface area (Å²) in [6, 6.07) is 15.1. The molecule has 7 heteroatoms. The summed E-state index contributed by atoms with van der Waals surface area (Å²) in [7, 11) is 0. The molecule has 33 heavy (non-hydrogen) atoms. The second-order valence-corrected chi connectivity index (χ2v) is 8.09. The van der Waals surface area contributed by atoms with E-state index in [4.69, 9.17) is 20.8 Å². The lowest BCUT2D eigenvalue weighted by Crippen LogP contribution is -2.29. The van der Waals surface area contributed by atoms with E-state index in [1.54, 1.807) is 24.3 Å². The second-order valence-electron chi connectivity index (χ2n) is 7.68. The van der Waals surface area contributed by atoms with Crippen LogP contribution >= 0.6 is 11.6 Å². The molecule has 1 aliphatic heterocycles. The molecule has 1 saturated heterocycles. The molecule has 170 valence electrons. The van der Waals surface area contributed by atoms with E-state index in [1.807, 2.05) is 38.1 Å². The van der Waals surface area contributed by atoms with E-state index in [9.17, 15) is 14.7 Å². The van der Waals surface area contributed by atoms with Crippen LogP contribution in [0.2, 0.25) is 5.02 Å². The number of ether oxygens (including phenoxy) is 1. The Morgan fingerprint density at radius 1 is 1.12 bits per heavy atom. The standard InChI is InChI=1S/C26H24ClNO5/c1-3-16-7-9-17(10-8-16)23-22(24(29)18-11-12-21(32-4-2)20(27)14-18)25(30)26(31)28(23)15-19-6-5-13-33-19/h5-14,23,29H,3-4,15H2,1-2H3/b24-22+. The molecule has 0 bridgehead atoms. The first-order chi connectivity index (χ1) is 15.9. The molecule has 2 aromatic carbocycles. The number of aliphatic hydroxyl groups is 1. The van der Waals surface area contributed by atoms with Crippen LogP contribution in [0.3, 0.4) is 0 Å². The summed E-state index contributed by atoms with van der Waals surface area (Å²) in [5.41, 5.74) is 2.18. The van der Waals surface area contributed by atoms with Gasteiger partial charge < -0.3 is 19.2 Å². The Bertz CT molecular complexity index is 1200. The molecule has 1 aliphatic rings. The maximum absolute atomic E-state index is 13.1. The molecular weight excluding hydrogens is 442 g/mol. The number of Topliss-reactive ketones (excluding diaryl/α,β-unsaturated/α-hetero) is 1. The third-order valence-corrected chi connectivity index (χ3v) is 5.95. The number of hydrogen-bond donors (Lipinski definition) is 1. The fraction of sp³-hybridized carbons (Fsp3) is 0.231. The van der Waals surface area contributed by atoms with Crippen molar-refractivity contribution < 1.29 is 23.8 Å². The van der Waals surface area contributed by atoms with Crippen molar-refractivity contribution in [2.24, 2.45) is 0 Å². The fourth-order valence-electron chi connectivity index (χ4n) is 3.97. The molecule has 2 heterocycles. The van der Waals surface area contributed by atoms with Gasteiger partial charge in [0, 0.05) is 5.56 Å². The van der Waals surface area contributed by atoms with Crippen LogP contribution in [0.15, 0.2) is 70.9 Å². The Kier molecular flexibility index (Phi) is 6.56.